The highest BCUT2D eigenvalue weighted by molar-refractivity contribution is 7.96. The summed E-state index contributed by atoms with van der Waals surface area (Å²) in [6, 6.07) is 10.3. The Morgan fingerprint density at radius 3 is 2.61 bits per heavy atom. The Labute approximate surface area is 167 Å². The summed E-state index contributed by atoms with van der Waals surface area (Å²) in [5.74, 6) is 0.191. The molecule has 0 aliphatic carbocycles. The lowest BCUT2D eigenvalue weighted by molar-refractivity contribution is 0.270. The van der Waals surface area contributed by atoms with Crippen molar-refractivity contribution < 1.29 is 19.7 Å². The molecule has 3 N–H and O–H groups in total. The number of anilines is 1. The maximum Gasteiger partial charge on any atom is 0.281 e. The molecule has 8 nitrogen and oxygen atoms in total. The van der Waals surface area contributed by atoms with Crippen LogP contribution in [0.3, 0.4) is 0 Å². The van der Waals surface area contributed by atoms with Gasteiger partial charge in [-0.25, -0.2) is 4.68 Å². The van der Waals surface area contributed by atoms with E-state index in [1.165, 1.54) is 17.9 Å². The molecule has 1 heterocycles. The van der Waals surface area contributed by atoms with E-state index < -0.39 is 5.24 Å². The first-order chi connectivity index (χ1) is 13.3. The number of nitrogens with one attached hydrogen (secondary N) is 1. The van der Waals surface area contributed by atoms with Crippen molar-refractivity contribution in [1.82, 2.24) is 15.0 Å². The summed E-state index contributed by atoms with van der Waals surface area (Å²) in [7, 11) is 1.40. The number of carbonyl (C=O) groups excluding carboxylic acids is 1. The van der Waals surface area contributed by atoms with Crippen molar-refractivity contribution in [2.45, 2.75) is 19.8 Å². The van der Waals surface area contributed by atoms with Crippen LogP contribution in [0, 0.1) is 0 Å². The summed E-state index contributed by atoms with van der Waals surface area (Å²) in [4.78, 5) is 11.5. The minimum atomic E-state index is -0.596. The predicted molar refractivity (Wildman–Crippen MR) is 109 cm³/mol. The van der Waals surface area contributed by atoms with Gasteiger partial charge in [-0.1, -0.05) is 49.9 Å². The molecular weight excluding hydrogens is 380 g/mol. The first-order valence-electron chi connectivity index (χ1n) is 8.48. The molecule has 3 aromatic rings. The zero-order valence-electron chi connectivity index (χ0n) is 15.5. The lowest BCUT2D eigenvalue weighted by atomic mass is 9.99. The standard InChI is InChI=1S/C19H20N4O4S/c1-10(2)11-5-4-6-12(7-11)17-18(20-19(26)28)21-22-23(17)13-8-16(27-3)15(25)9-14(13)24/h4-10,24-25H,1-3H3,(H2,20,26,28). The number of rotatable bonds is 5. The van der Waals surface area contributed by atoms with Gasteiger partial charge < -0.3 is 14.9 Å². The topological polar surface area (TPSA) is 110 Å². The molecule has 0 saturated carbocycles. The molecule has 0 aliphatic rings. The SMILES string of the molecule is COc1cc(-n2nnc(NC(=O)S)c2-c2cccc(C(C)C)c2)c(O)cc1O. The third-order valence-corrected chi connectivity index (χ3v) is 4.34. The van der Waals surface area contributed by atoms with Crippen LogP contribution in [0.5, 0.6) is 17.2 Å². The summed E-state index contributed by atoms with van der Waals surface area (Å²) in [6.07, 6.45) is 0. The van der Waals surface area contributed by atoms with E-state index in [9.17, 15) is 15.0 Å². The molecule has 146 valence electrons. The molecule has 1 amide bonds. The van der Waals surface area contributed by atoms with Crippen LogP contribution >= 0.6 is 12.6 Å². The molecule has 3 rings (SSSR count). The summed E-state index contributed by atoms with van der Waals surface area (Å²) < 4.78 is 6.50. The van der Waals surface area contributed by atoms with Gasteiger partial charge in [0.15, 0.2) is 17.3 Å². The molecule has 2 aromatic carbocycles. The van der Waals surface area contributed by atoms with Crippen LogP contribution in [0.1, 0.15) is 25.3 Å². The molecule has 0 saturated heterocycles. The van der Waals surface area contributed by atoms with Gasteiger partial charge in [-0.05, 0) is 17.5 Å². The number of carbonyl (C=O) groups is 1. The van der Waals surface area contributed by atoms with Crippen molar-refractivity contribution >= 4 is 23.7 Å². The van der Waals surface area contributed by atoms with E-state index in [0.29, 0.717) is 5.69 Å². The Morgan fingerprint density at radius 1 is 1.21 bits per heavy atom. The second-order valence-corrected chi connectivity index (χ2v) is 6.83. The van der Waals surface area contributed by atoms with Crippen LogP contribution in [0.25, 0.3) is 16.9 Å². The molecule has 1 aromatic heterocycles. The summed E-state index contributed by atoms with van der Waals surface area (Å²) in [5.41, 5.74) is 2.50. The van der Waals surface area contributed by atoms with E-state index >= 15 is 0 Å². The number of aromatic nitrogens is 3. The Balaban J connectivity index is 2.26. The van der Waals surface area contributed by atoms with Gasteiger partial charge in [-0.2, -0.15) is 0 Å². The number of thiol groups is 1. The van der Waals surface area contributed by atoms with Crippen LogP contribution in [-0.2, 0) is 0 Å². The fraction of sp³-hybridized carbons (Fsp3) is 0.211. The number of benzene rings is 2. The van der Waals surface area contributed by atoms with Gasteiger partial charge >= 0.3 is 0 Å². The summed E-state index contributed by atoms with van der Waals surface area (Å²) in [5, 5.41) is 30.3. The second kappa shape index (κ2) is 7.81. The van der Waals surface area contributed by atoms with Crippen molar-refractivity contribution in [1.29, 1.82) is 0 Å². The number of phenolic OH excluding ortho intramolecular Hbond substituents is 2. The number of ether oxygens (including phenoxy) is 1. The van der Waals surface area contributed by atoms with E-state index in [-0.39, 0.29) is 34.7 Å². The zero-order valence-corrected chi connectivity index (χ0v) is 16.4. The molecule has 9 heteroatoms. The summed E-state index contributed by atoms with van der Waals surface area (Å²) in [6.45, 7) is 4.14. The van der Waals surface area contributed by atoms with Crippen molar-refractivity contribution in [3.8, 4) is 34.2 Å². The van der Waals surface area contributed by atoms with E-state index in [2.05, 4.69) is 42.1 Å². The Hall–Kier alpha value is -3.20. The smallest absolute Gasteiger partial charge is 0.281 e. The highest BCUT2D eigenvalue weighted by Gasteiger charge is 2.21. The number of methoxy groups -OCH3 is 1. The molecule has 0 radical (unpaired) electrons. The van der Waals surface area contributed by atoms with Crippen molar-refractivity contribution in [3.05, 3.63) is 42.0 Å². The number of phenols is 2. The van der Waals surface area contributed by atoms with E-state index in [4.69, 9.17) is 4.74 Å². The monoisotopic (exact) mass is 400 g/mol. The predicted octanol–water partition coefficient (Wildman–Crippen LogP) is 3.94. The minimum absolute atomic E-state index is 0.157. The van der Waals surface area contributed by atoms with Crippen LogP contribution in [-0.4, -0.2) is 37.6 Å². The van der Waals surface area contributed by atoms with Crippen LogP contribution in [0.4, 0.5) is 10.6 Å². The maximum absolute atomic E-state index is 11.5. The largest absolute Gasteiger partial charge is 0.506 e. The van der Waals surface area contributed by atoms with Crippen molar-refractivity contribution in [2.75, 3.05) is 12.4 Å². The van der Waals surface area contributed by atoms with Crippen LogP contribution in [0.2, 0.25) is 0 Å². The lowest BCUT2D eigenvalue weighted by Crippen LogP contribution is -2.05. The average molecular weight is 400 g/mol. The fourth-order valence-corrected chi connectivity index (χ4v) is 2.93. The number of nitrogens with zero attached hydrogens (tertiary/aromatic N) is 3. The molecule has 0 aliphatic heterocycles. The van der Waals surface area contributed by atoms with Gasteiger partial charge in [0.1, 0.15) is 17.1 Å². The summed E-state index contributed by atoms with van der Waals surface area (Å²) >= 11 is 3.75. The molecule has 0 unspecified atom stereocenters. The second-order valence-electron chi connectivity index (χ2n) is 6.42. The highest BCUT2D eigenvalue weighted by atomic mass is 32.1. The van der Waals surface area contributed by atoms with E-state index in [1.54, 1.807) is 0 Å². The van der Waals surface area contributed by atoms with Gasteiger partial charge in [0.2, 0.25) is 0 Å². The Kier molecular flexibility index (Phi) is 5.46. The van der Waals surface area contributed by atoms with Gasteiger partial charge in [0.05, 0.1) is 7.11 Å². The van der Waals surface area contributed by atoms with Gasteiger partial charge in [0.25, 0.3) is 5.24 Å². The lowest BCUT2D eigenvalue weighted by Gasteiger charge is -2.13. The molecule has 0 atom stereocenters. The first kappa shape index (κ1) is 19.6. The number of aromatic hydroxyl groups is 2. The van der Waals surface area contributed by atoms with Crippen molar-refractivity contribution in [2.24, 2.45) is 0 Å². The maximum atomic E-state index is 11.5. The normalized spacial score (nSPS) is 10.9. The fourth-order valence-electron chi connectivity index (χ4n) is 2.82. The quantitative estimate of drug-likeness (QED) is 0.483. The number of hydrogen-bond donors (Lipinski definition) is 4. The average Bonchev–Trinajstić information content (AvgIpc) is 3.04. The molecule has 28 heavy (non-hydrogen) atoms. The molecule has 0 spiro atoms. The minimum Gasteiger partial charge on any atom is -0.506 e. The third-order valence-electron chi connectivity index (χ3n) is 4.23. The Morgan fingerprint density at radius 2 is 1.96 bits per heavy atom. The van der Waals surface area contributed by atoms with Crippen LogP contribution in [0.15, 0.2) is 36.4 Å². The molecule has 0 bridgehead atoms. The number of amides is 1. The van der Waals surface area contributed by atoms with E-state index in [0.717, 1.165) is 17.2 Å². The van der Waals surface area contributed by atoms with E-state index in [1.807, 2.05) is 24.3 Å². The van der Waals surface area contributed by atoms with Gasteiger partial charge in [-0.3, -0.25) is 10.1 Å². The highest BCUT2D eigenvalue weighted by Crippen LogP contribution is 2.38. The van der Waals surface area contributed by atoms with Gasteiger partial charge in [0, 0.05) is 17.7 Å². The van der Waals surface area contributed by atoms with Crippen molar-refractivity contribution in [3.63, 3.8) is 0 Å². The zero-order chi connectivity index (χ0) is 20.4. The third kappa shape index (κ3) is 3.74. The molecule has 0 fully saturated rings. The first-order valence-corrected chi connectivity index (χ1v) is 8.92. The van der Waals surface area contributed by atoms with Crippen LogP contribution < -0.4 is 10.1 Å². The van der Waals surface area contributed by atoms with Gasteiger partial charge in [-0.15, -0.1) is 5.10 Å². The Bertz CT molecular complexity index is 1030. The molecular formula is C19H20N4O4S. The number of hydrogen-bond acceptors (Lipinski definition) is 6.